The molecule has 0 amide bonds. The second kappa shape index (κ2) is 3.03. The van der Waals surface area contributed by atoms with Crippen molar-refractivity contribution in [1.29, 1.82) is 0 Å². The normalized spacial score (nSPS) is 7.50. The summed E-state index contributed by atoms with van der Waals surface area (Å²) in [5, 5.41) is 7.55. The molecule has 0 aliphatic rings. The van der Waals surface area contributed by atoms with Crippen molar-refractivity contribution in [3.8, 4) is 0 Å². The second-order valence-corrected chi connectivity index (χ2v) is 1.27. The van der Waals surface area contributed by atoms with E-state index < -0.39 is 6.16 Å². The Morgan fingerprint density at radius 3 is 2.50 bits per heavy atom. The van der Waals surface area contributed by atoms with Gasteiger partial charge in [-0.2, -0.15) is 5.48 Å². The summed E-state index contributed by atoms with van der Waals surface area (Å²) in [6, 6.07) is 0. The second-order valence-electron chi connectivity index (χ2n) is 0.834. The van der Waals surface area contributed by atoms with Gasteiger partial charge in [-0.25, -0.2) is 4.79 Å². The molecule has 0 aliphatic carbocycles. The summed E-state index contributed by atoms with van der Waals surface area (Å²) >= 11 is 4.19. The summed E-state index contributed by atoms with van der Waals surface area (Å²) in [5.41, 5.74) is 6.53. The maximum absolute atomic E-state index is 9.50. The third-order valence-electron chi connectivity index (χ3n) is 0.239. The minimum absolute atomic E-state index is 0.215. The molecule has 8 heavy (non-hydrogen) atoms. The molecular formula is C2H4N2O3S. The summed E-state index contributed by atoms with van der Waals surface area (Å²) in [7, 11) is 0. The van der Waals surface area contributed by atoms with Gasteiger partial charge in [-0.1, -0.05) is 0 Å². The average molecular weight is 136 g/mol. The molecule has 5 nitrogen and oxygen atoms in total. The number of rotatable bonds is 0. The molecule has 0 fully saturated rings. The number of carbonyl (C=O) groups is 1. The van der Waals surface area contributed by atoms with Crippen molar-refractivity contribution in [2.24, 2.45) is 5.73 Å². The molecule has 0 rings (SSSR count). The summed E-state index contributed by atoms with van der Waals surface area (Å²) < 4.78 is 0. The predicted octanol–water partition coefficient (Wildman–Crippen LogP) is -0.571. The SMILES string of the molecule is NC(=S)NOC(=O)O. The van der Waals surface area contributed by atoms with Gasteiger partial charge in [0.2, 0.25) is 0 Å². The van der Waals surface area contributed by atoms with Crippen molar-refractivity contribution >= 4 is 23.5 Å². The fourth-order valence-corrected chi connectivity index (χ4v) is 0.136. The van der Waals surface area contributed by atoms with Crippen LogP contribution in [0.15, 0.2) is 0 Å². The smallest absolute Gasteiger partial charge is 0.448 e. The Balaban J connectivity index is 3.18. The van der Waals surface area contributed by atoms with E-state index in [0.717, 1.165) is 0 Å². The molecule has 0 bridgehead atoms. The van der Waals surface area contributed by atoms with Crippen LogP contribution in [0.1, 0.15) is 0 Å². The molecule has 0 saturated carbocycles. The van der Waals surface area contributed by atoms with Crippen LogP contribution >= 0.6 is 12.2 Å². The zero-order valence-electron chi connectivity index (χ0n) is 3.75. The van der Waals surface area contributed by atoms with Crippen molar-refractivity contribution in [1.82, 2.24) is 5.48 Å². The summed E-state index contributed by atoms with van der Waals surface area (Å²) in [6.45, 7) is 0. The van der Waals surface area contributed by atoms with E-state index in [0.29, 0.717) is 0 Å². The fourth-order valence-electron chi connectivity index (χ4n) is 0.0940. The van der Waals surface area contributed by atoms with E-state index in [-0.39, 0.29) is 5.11 Å². The summed E-state index contributed by atoms with van der Waals surface area (Å²) in [4.78, 5) is 13.2. The van der Waals surface area contributed by atoms with Gasteiger partial charge < -0.3 is 15.7 Å². The zero-order chi connectivity index (χ0) is 6.57. The van der Waals surface area contributed by atoms with Crippen LogP contribution in [-0.2, 0) is 4.84 Å². The van der Waals surface area contributed by atoms with Gasteiger partial charge in [0.05, 0.1) is 0 Å². The van der Waals surface area contributed by atoms with Crippen molar-refractivity contribution < 1.29 is 14.7 Å². The van der Waals surface area contributed by atoms with Gasteiger partial charge in [-0.15, -0.1) is 0 Å². The van der Waals surface area contributed by atoms with Crippen LogP contribution in [0.2, 0.25) is 0 Å². The standard InChI is InChI=1S/C2H4N2O3S/c3-1(8)4-7-2(5)6/h(H,5,6)(H3,3,4,8). The highest BCUT2D eigenvalue weighted by Gasteiger charge is 1.93. The first-order chi connectivity index (χ1) is 3.63. The molecule has 0 spiro atoms. The lowest BCUT2D eigenvalue weighted by atomic mass is 11.2. The van der Waals surface area contributed by atoms with Crippen molar-refractivity contribution in [3.63, 3.8) is 0 Å². The van der Waals surface area contributed by atoms with Crippen LogP contribution in [0, 0.1) is 0 Å². The minimum Gasteiger partial charge on any atom is -0.448 e. The lowest BCUT2D eigenvalue weighted by Crippen LogP contribution is -2.30. The molecule has 0 aromatic rings. The number of hydrogen-bond donors (Lipinski definition) is 3. The summed E-state index contributed by atoms with van der Waals surface area (Å²) in [5.74, 6) is 0. The lowest BCUT2D eigenvalue weighted by Gasteiger charge is -1.96. The molecule has 0 aromatic heterocycles. The van der Waals surface area contributed by atoms with Crippen molar-refractivity contribution in [2.75, 3.05) is 0 Å². The van der Waals surface area contributed by atoms with Crippen LogP contribution < -0.4 is 11.2 Å². The molecule has 0 unspecified atom stereocenters. The highest BCUT2D eigenvalue weighted by Crippen LogP contribution is 1.66. The van der Waals surface area contributed by atoms with E-state index >= 15 is 0 Å². The largest absolute Gasteiger partial charge is 0.530 e. The average Bonchev–Trinajstić information content (AvgIpc) is 1.61. The van der Waals surface area contributed by atoms with Crippen LogP contribution in [0.3, 0.4) is 0 Å². The Bertz CT molecular complexity index is 99.9. The fraction of sp³-hybridized carbons (Fsp3) is 0. The Labute approximate surface area is 50.4 Å². The van der Waals surface area contributed by atoms with E-state index in [1.807, 2.05) is 0 Å². The van der Waals surface area contributed by atoms with E-state index in [2.05, 4.69) is 17.1 Å². The predicted molar refractivity (Wildman–Crippen MR) is 29.0 cm³/mol. The van der Waals surface area contributed by atoms with Crippen LogP contribution in [0.25, 0.3) is 0 Å². The van der Waals surface area contributed by atoms with Crippen LogP contribution in [-0.4, -0.2) is 16.4 Å². The third kappa shape index (κ3) is 4.96. The van der Waals surface area contributed by atoms with Crippen LogP contribution in [0.5, 0.6) is 0 Å². The van der Waals surface area contributed by atoms with Gasteiger partial charge in [-0.05, 0) is 12.2 Å². The molecule has 0 radical (unpaired) electrons. The first-order valence-corrected chi connectivity index (χ1v) is 1.99. The number of hydroxylamine groups is 1. The van der Waals surface area contributed by atoms with Crippen LogP contribution in [0.4, 0.5) is 4.79 Å². The van der Waals surface area contributed by atoms with Crippen molar-refractivity contribution in [2.45, 2.75) is 0 Å². The molecule has 0 aromatic carbocycles. The number of nitrogens with one attached hydrogen (secondary N) is 1. The van der Waals surface area contributed by atoms with E-state index in [4.69, 9.17) is 10.8 Å². The molecule has 4 N–H and O–H groups in total. The van der Waals surface area contributed by atoms with Crippen molar-refractivity contribution in [3.05, 3.63) is 0 Å². The maximum Gasteiger partial charge on any atom is 0.530 e. The Morgan fingerprint density at radius 2 is 2.38 bits per heavy atom. The molecular weight excluding hydrogens is 132 g/mol. The van der Waals surface area contributed by atoms with E-state index in [1.165, 1.54) is 0 Å². The van der Waals surface area contributed by atoms with Gasteiger partial charge >= 0.3 is 6.16 Å². The Hall–Kier alpha value is -1.04. The van der Waals surface area contributed by atoms with Gasteiger partial charge in [0, 0.05) is 0 Å². The highest BCUT2D eigenvalue weighted by molar-refractivity contribution is 7.80. The molecule has 46 valence electrons. The molecule has 0 heterocycles. The van der Waals surface area contributed by atoms with E-state index in [1.54, 1.807) is 5.48 Å². The van der Waals surface area contributed by atoms with Gasteiger partial charge in [-0.3, -0.25) is 0 Å². The van der Waals surface area contributed by atoms with E-state index in [9.17, 15) is 4.79 Å². The van der Waals surface area contributed by atoms with Gasteiger partial charge in [0.1, 0.15) is 0 Å². The Morgan fingerprint density at radius 1 is 1.88 bits per heavy atom. The minimum atomic E-state index is -1.47. The quantitative estimate of drug-likeness (QED) is 0.305. The first kappa shape index (κ1) is 6.96. The number of hydrogen-bond acceptors (Lipinski definition) is 3. The molecule has 0 aliphatic heterocycles. The number of carboxylic acid groups (broad SMARTS) is 1. The monoisotopic (exact) mass is 136 g/mol. The highest BCUT2D eigenvalue weighted by atomic mass is 32.1. The third-order valence-corrected chi connectivity index (χ3v) is 0.322. The lowest BCUT2D eigenvalue weighted by molar-refractivity contribution is 0.0689. The Kier molecular flexibility index (Phi) is 2.63. The molecule has 0 atom stereocenters. The zero-order valence-corrected chi connectivity index (χ0v) is 4.57. The van der Waals surface area contributed by atoms with Gasteiger partial charge in [0.25, 0.3) is 0 Å². The topological polar surface area (TPSA) is 84.6 Å². The maximum atomic E-state index is 9.50. The number of nitrogens with two attached hydrogens (primary N) is 1. The first-order valence-electron chi connectivity index (χ1n) is 1.58. The van der Waals surface area contributed by atoms with Gasteiger partial charge in [0.15, 0.2) is 5.11 Å². The summed E-state index contributed by atoms with van der Waals surface area (Å²) in [6.07, 6.45) is -1.47. The molecule has 6 heteroatoms. The molecule has 0 saturated heterocycles. The number of thiocarbonyl (C=S) groups is 1.